The number of rotatable bonds is 3. The number of carboxylic acids is 1. The lowest BCUT2D eigenvalue weighted by atomic mass is 10.2. The Labute approximate surface area is 94.8 Å². The maximum atomic E-state index is 10.8. The Morgan fingerprint density at radius 2 is 2.00 bits per heavy atom. The summed E-state index contributed by atoms with van der Waals surface area (Å²) in [6.45, 7) is 6.03. The average molecular weight is 245 g/mol. The third-order valence-electron chi connectivity index (χ3n) is 1.61. The number of benzene rings is 1. The molecule has 0 fully saturated rings. The Hall–Kier alpha value is -1.00. The van der Waals surface area contributed by atoms with Crippen molar-refractivity contribution in [2.24, 2.45) is 0 Å². The van der Waals surface area contributed by atoms with Crippen molar-refractivity contribution < 1.29 is 14.3 Å². The minimum atomic E-state index is -1.76. The molecule has 0 bridgehead atoms. The fourth-order valence-corrected chi connectivity index (χ4v) is 2.22. The first-order valence-electron chi connectivity index (χ1n) is 4.52. The topological polar surface area (TPSA) is 46.5 Å². The molecule has 0 heterocycles. The second-order valence-corrected chi connectivity index (χ2v) is 8.94. The van der Waals surface area contributed by atoms with E-state index in [-0.39, 0.29) is 10.6 Å². The summed E-state index contributed by atoms with van der Waals surface area (Å²) in [4.78, 5) is 10.8. The zero-order valence-electron chi connectivity index (χ0n) is 8.87. The third-order valence-corrected chi connectivity index (χ3v) is 2.83. The summed E-state index contributed by atoms with van der Waals surface area (Å²) in [5, 5.41) is 9.03. The molecular formula is C10H13ClO3Si. The Kier molecular flexibility index (Phi) is 3.41. The van der Waals surface area contributed by atoms with Crippen LogP contribution in [0.3, 0.4) is 0 Å². The lowest BCUT2D eigenvalue weighted by Gasteiger charge is -2.20. The van der Waals surface area contributed by atoms with E-state index in [1.165, 1.54) is 6.07 Å². The van der Waals surface area contributed by atoms with Gasteiger partial charge in [-0.05, 0) is 31.8 Å². The highest BCUT2D eigenvalue weighted by Crippen LogP contribution is 2.29. The smallest absolute Gasteiger partial charge is 0.337 e. The fourth-order valence-electron chi connectivity index (χ4n) is 1.08. The maximum absolute atomic E-state index is 10.8. The fraction of sp³-hybridized carbons (Fsp3) is 0.300. The highest BCUT2D eigenvalue weighted by atomic mass is 35.5. The first-order chi connectivity index (χ1) is 6.81. The molecule has 1 rings (SSSR count). The normalized spacial score (nSPS) is 11.2. The molecular weight excluding hydrogens is 232 g/mol. The van der Waals surface area contributed by atoms with Crippen LogP contribution in [0.25, 0.3) is 0 Å². The van der Waals surface area contributed by atoms with Crippen LogP contribution in [0.1, 0.15) is 10.4 Å². The highest BCUT2D eigenvalue weighted by Gasteiger charge is 2.20. The molecule has 0 saturated heterocycles. The van der Waals surface area contributed by atoms with Gasteiger partial charge in [0.15, 0.2) is 0 Å². The summed E-state index contributed by atoms with van der Waals surface area (Å²) in [6.07, 6.45) is 0. The Morgan fingerprint density at radius 3 is 2.47 bits per heavy atom. The van der Waals surface area contributed by atoms with Crippen molar-refractivity contribution in [3.8, 4) is 5.75 Å². The highest BCUT2D eigenvalue weighted by molar-refractivity contribution is 6.70. The zero-order valence-corrected chi connectivity index (χ0v) is 10.6. The summed E-state index contributed by atoms with van der Waals surface area (Å²) in [7, 11) is -1.76. The monoisotopic (exact) mass is 244 g/mol. The molecule has 0 aliphatic carbocycles. The second kappa shape index (κ2) is 4.24. The van der Waals surface area contributed by atoms with Gasteiger partial charge in [0.2, 0.25) is 8.32 Å². The van der Waals surface area contributed by atoms with Crippen LogP contribution in [0.5, 0.6) is 5.75 Å². The Bertz CT molecular complexity index is 385. The summed E-state index contributed by atoms with van der Waals surface area (Å²) in [5.41, 5.74) is 0.0763. The molecule has 0 spiro atoms. The van der Waals surface area contributed by atoms with Crippen LogP contribution >= 0.6 is 11.6 Å². The van der Waals surface area contributed by atoms with Crippen molar-refractivity contribution in [1.29, 1.82) is 0 Å². The molecule has 1 N–H and O–H groups in total. The third kappa shape index (κ3) is 3.25. The van der Waals surface area contributed by atoms with Crippen LogP contribution in [-0.4, -0.2) is 19.4 Å². The van der Waals surface area contributed by atoms with Crippen molar-refractivity contribution >= 4 is 25.9 Å². The lowest BCUT2D eigenvalue weighted by molar-refractivity contribution is 0.0697. The molecule has 1 aromatic rings. The van der Waals surface area contributed by atoms with Crippen molar-refractivity contribution in [1.82, 2.24) is 0 Å². The minimum absolute atomic E-state index is 0.0763. The molecule has 1 aromatic carbocycles. The summed E-state index contributed by atoms with van der Waals surface area (Å²) < 4.78 is 5.67. The molecule has 0 aromatic heterocycles. The predicted molar refractivity (Wildman–Crippen MR) is 62.4 cm³/mol. The van der Waals surface area contributed by atoms with Crippen LogP contribution in [0.4, 0.5) is 0 Å². The van der Waals surface area contributed by atoms with E-state index in [9.17, 15) is 4.79 Å². The maximum Gasteiger partial charge on any atom is 0.337 e. The standard InChI is InChI=1S/C10H13ClO3Si/c1-15(2,3)14-8-6-4-5-7(9(8)11)10(12)13/h4-6H,1-3H3,(H,12,13). The van der Waals surface area contributed by atoms with Crippen molar-refractivity contribution in [2.75, 3.05) is 0 Å². The van der Waals surface area contributed by atoms with Crippen molar-refractivity contribution in [3.63, 3.8) is 0 Å². The van der Waals surface area contributed by atoms with E-state index in [0.29, 0.717) is 5.75 Å². The van der Waals surface area contributed by atoms with Gasteiger partial charge in [0.05, 0.1) is 10.6 Å². The van der Waals surface area contributed by atoms with E-state index in [0.717, 1.165) is 0 Å². The van der Waals surface area contributed by atoms with E-state index < -0.39 is 14.3 Å². The lowest BCUT2D eigenvalue weighted by Crippen LogP contribution is -2.29. The average Bonchev–Trinajstić information content (AvgIpc) is 2.05. The molecule has 0 aliphatic heterocycles. The summed E-state index contributed by atoms with van der Waals surface area (Å²) >= 11 is 5.93. The van der Waals surface area contributed by atoms with E-state index >= 15 is 0 Å². The molecule has 3 nitrogen and oxygen atoms in total. The van der Waals surface area contributed by atoms with Gasteiger partial charge in [-0.1, -0.05) is 17.7 Å². The molecule has 0 atom stereocenters. The largest absolute Gasteiger partial charge is 0.543 e. The summed E-state index contributed by atoms with van der Waals surface area (Å²) in [5.74, 6) is -0.586. The van der Waals surface area contributed by atoms with Crippen LogP contribution in [0, 0.1) is 0 Å². The van der Waals surface area contributed by atoms with Gasteiger partial charge in [0.25, 0.3) is 0 Å². The molecule has 0 aliphatic rings. The van der Waals surface area contributed by atoms with Gasteiger partial charge in [0.1, 0.15) is 5.75 Å². The molecule has 0 saturated carbocycles. The quantitative estimate of drug-likeness (QED) is 0.831. The molecule has 0 amide bonds. The van der Waals surface area contributed by atoms with Gasteiger partial charge in [-0.15, -0.1) is 0 Å². The number of halogens is 1. The Morgan fingerprint density at radius 1 is 1.40 bits per heavy atom. The van der Waals surface area contributed by atoms with Crippen LogP contribution in [0.15, 0.2) is 18.2 Å². The van der Waals surface area contributed by atoms with Crippen LogP contribution < -0.4 is 4.43 Å². The summed E-state index contributed by atoms with van der Waals surface area (Å²) in [6, 6.07) is 4.78. The number of hydrogen-bond donors (Lipinski definition) is 1. The van der Waals surface area contributed by atoms with Gasteiger partial charge >= 0.3 is 5.97 Å². The van der Waals surface area contributed by atoms with Crippen LogP contribution in [-0.2, 0) is 0 Å². The number of hydrogen-bond acceptors (Lipinski definition) is 2. The van der Waals surface area contributed by atoms with E-state index in [1.807, 2.05) is 19.6 Å². The second-order valence-electron chi connectivity index (χ2n) is 4.14. The first kappa shape index (κ1) is 12.1. The van der Waals surface area contributed by atoms with Gasteiger partial charge < -0.3 is 9.53 Å². The van der Waals surface area contributed by atoms with Gasteiger partial charge in [-0.2, -0.15) is 0 Å². The van der Waals surface area contributed by atoms with Crippen LogP contribution in [0.2, 0.25) is 24.7 Å². The van der Waals surface area contributed by atoms with E-state index in [4.69, 9.17) is 21.1 Å². The number of aromatic carboxylic acids is 1. The van der Waals surface area contributed by atoms with Gasteiger partial charge in [0, 0.05) is 0 Å². The SMILES string of the molecule is C[Si](C)(C)Oc1cccc(C(=O)O)c1Cl. The Balaban J connectivity index is 3.10. The molecule has 15 heavy (non-hydrogen) atoms. The molecule has 82 valence electrons. The minimum Gasteiger partial charge on any atom is -0.543 e. The zero-order chi connectivity index (χ0) is 11.6. The van der Waals surface area contributed by atoms with E-state index in [2.05, 4.69) is 0 Å². The predicted octanol–water partition coefficient (Wildman–Crippen LogP) is 3.25. The molecule has 0 unspecified atom stereocenters. The number of carboxylic acid groups (broad SMARTS) is 1. The molecule has 0 radical (unpaired) electrons. The molecule has 5 heteroatoms. The van der Waals surface area contributed by atoms with Crippen molar-refractivity contribution in [2.45, 2.75) is 19.6 Å². The van der Waals surface area contributed by atoms with E-state index in [1.54, 1.807) is 12.1 Å². The van der Waals surface area contributed by atoms with Gasteiger partial charge in [-0.25, -0.2) is 4.79 Å². The number of carbonyl (C=O) groups is 1. The first-order valence-corrected chi connectivity index (χ1v) is 8.31. The van der Waals surface area contributed by atoms with Gasteiger partial charge in [-0.3, -0.25) is 0 Å². The van der Waals surface area contributed by atoms with Crippen molar-refractivity contribution in [3.05, 3.63) is 28.8 Å².